The summed E-state index contributed by atoms with van der Waals surface area (Å²) in [5.74, 6) is -0.936. The monoisotopic (exact) mass is 347 g/mol. The highest BCUT2D eigenvalue weighted by molar-refractivity contribution is 8.00. The Morgan fingerprint density at radius 1 is 1.12 bits per heavy atom. The lowest BCUT2D eigenvalue weighted by molar-refractivity contribution is -0.139. The van der Waals surface area contributed by atoms with Crippen molar-refractivity contribution < 1.29 is 18.7 Å². The van der Waals surface area contributed by atoms with Gasteiger partial charge in [-0.25, -0.2) is 4.39 Å². The van der Waals surface area contributed by atoms with Crippen molar-refractivity contribution >= 4 is 29.3 Å². The maximum absolute atomic E-state index is 13.0. The number of esters is 1. The maximum atomic E-state index is 13.0. The first-order valence-corrected chi connectivity index (χ1v) is 8.53. The molecule has 1 N–H and O–H groups in total. The summed E-state index contributed by atoms with van der Waals surface area (Å²) in [7, 11) is 0. The fourth-order valence-corrected chi connectivity index (χ4v) is 2.99. The van der Waals surface area contributed by atoms with Crippen LogP contribution >= 0.6 is 11.8 Å². The van der Waals surface area contributed by atoms with Gasteiger partial charge in [-0.3, -0.25) is 9.59 Å². The van der Waals surface area contributed by atoms with E-state index in [1.807, 2.05) is 30.3 Å². The molecule has 0 saturated heterocycles. The van der Waals surface area contributed by atoms with Crippen LogP contribution in [0.4, 0.5) is 10.1 Å². The quantitative estimate of drug-likeness (QED) is 0.774. The maximum Gasteiger partial charge on any atom is 0.315 e. The van der Waals surface area contributed by atoms with Crippen molar-refractivity contribution in [2.24, 2.45) is 0 Å². The molecule has 0 unspecified atom stereocenters. The second-order valence-corrected chi connectivity index (χ2v) is 6.00. The predicted octanol–water partition coefficient (Wildman–Crippen LogP) is 3.80. The number of benzene rings is 2. The van der Waals surface area contributed by atoms with Crippen molar-refractivity contribution in [2.75, 3.05) is 17.7 Å². The average molecular weight is 347 g/mol. The van der Waals surface area contributed by atoms with Crippen molar-refractivity contribution in [1.29, 1.82) is 0 Å². The molecule has 6 heteroatoms. The van der Waals surface area contributed by atoms with Crippen LogP contribution in [0.5, 0.6) is 0 Å². The summed E-state index contributed by atoms with van der Waals surface area (Å²) < 4.78 is 17.9. The first kappa shape index (κ1) is 18.0. The van der Waals surface area contributed by atoms with E-state index in [9.17, 15) is 14.0 Å². The number of hydrogen-bond acceptors (Lipinski definition) is 4. The Hall–Kier alpha value is -2.34. The first-order valence-electron chi connectivity index (χ1n) is 7.48. The number of amides is 1. The third-order valence-electron chi connectivity index (χ3n) is 3.13. The summed E-state index contributed by atoms with van der Waals surface area (Å²) in [6.45, 7) is 2.04. The Kier molecular flexibility index (Phi) is 6.81. The molecular weight excluding hydrogens is 329 g/mol. The fourth-order valence-electron chi connectivity index (χ4n) is 2.05. The number of carbonyl (C=O) groups is 2. The van der Waals surface area contributed by atoms with E-state index in [0.717, 1.165) is 5.56 Å². The molecule has 0 saturated carbocycles. The zero-order valence-electron chi connectivity index (χ0n) is 13.2. The molecule has 126 valence electrons. The van der Waals surface area contributed by atoms with Crippen LogP contribution in [0.1, 0.15) is 17.7 Å². The molecule has 2 rings (SSSR count). The van der Waals surface area contributed by atoms with Gasteiger partial charge >= 0.3 is 5.97 Å². The van der Waals surface area contributed by atoms with E-state index in [-0.39, 0.29) is 23.4 Å². The van der Waals surface area contributed by atoms with Gasteiger partial charge in [0.05, 0.1) is 12.4 Å². The molecule has 0 aliphatic rings. The van der Waals surface area contributed by atoms with Gasteiger partial charge < -0.3 is 10.1 Å². The zero-order chi connectivity index (χ0) is 17.4. The molecule has 2 aromatic rings. The molecule has 0 aliphatic heterocycles. The second kappa shape index (κ2) is 9.08. The lowest BCUT2D eigenvalue weighted by Gasteiger charge is -2.16. The molecule has 24 heavy (non-hydrogen) atoms. The van der Waals surface area contributed by atoms with Gasteiger partial charge in [-0.05, 0) is 36.8 Å². The number of carbonyl (C=O) groups excluding carboxylic acids is 2. The lowest BCUT2D eigenvalue weighted by atomic mass is 10.1. The Labute approximate surface area is 144 Å². The van der Waals surface area contributed by atoms with Crippen LogP contribution in [0, 0.1) is 5.82 Å². The van der Waals surface area contributed by atoms with Gasteiger partial charge in [-0.15, -0.1) is 11.8 Å². The molecule has 0 aliphatic carbocycles. The van der Waals surface area contributed by atoms with Gasteiger partial charge in [0.25, 0.3) is 0 Å². The summed E-state index contributed by atoms with van der Waals surface area (Å²) in [5, 5.41) is 2.18. The molecule has 0 bridgehead atoms. The van der Waals surface area contributed by atoms with Gasteiger partial charge in [0.1, 0.15) is 11.1 Å². The normalized spacial score (nSPS) is 11.6. The van der Waals surface area contributed by atoms with E-state index in [2.05, 4.69) is 5.32 Å². The first-order chi connectivity index (χ1) is 11.6. The summed E-state index contributed by atoms with van der Waals surface area (Å²) in [5.41, 5.74) is 1.28. The average Bonchev–Trinajstić information content (AvgIpc) is 2.58. The van der Waals surface area contributed by atoms with Crippen LogP contribution in [-0.4, -0.2) is 24.2 Å². The van der Waals surface area contributed by atoms with Crippen molar-refractivity contribution in [2.45, 2.75) is 12.2 Å². The van der Waals surface area contributed by atoms with E-state index in [1.165, 1.54) is 36.0 Å². The Morgan fingerprint density at radius 3 is 2.42 bits per heavy atom. The molecule has 0 radical (unpaired) electrons. The van der Waals surface area contributed by atoms with Gasteiger partial charge in [-0.1, -0.05) is 30.3 Å². The summed E-state index contributed by atoms with van der Waals surface area (Å²) >= 11 is 1.19. The smallest absolute Gasteiger partial charge is 0.315 e. The minimum absolute atomic E-state index is 0.0736. The minimum Gasteiger partial charge on any atom is -0.465 e. The van der Waals surface area contributed by atoms with E-state index in [4.69, 9.17) is 4.74 Å². The van der Waals surface area contributed by atoms with Gasteiger partial charge in [-0.2, -0.15) is 0 Å². The number of hydrogen-bond donors (Lipinski definition) is 1. The molecule has 1 atom stereocenters. The highest BCUT2D eigenvalue weighted by atomic mass is 32.2. The number of anilines is 1. The Bertz CT molecular complexity index is 676. The SMILES string of the molecule is CCOC(=O)CS[C@@H](C(=O)Nc1ccc(F)cc1)c1ccccc1. The number of nitrogens with one attached hydrogen (secondary N) is 1. The summed E-state index contributed by atoms with van der Waals surface area (Å²) in [6, 6.07) is 14.7. The molecule has 2 aromatic carbocycles. The minimum atomic E-state index is -0.569. The van der Waals surface area contributed by atoms with Crippen LogP contribution in [0.3, 0.4) is 0 Å². The van der Waals surface area contributed by atoms with Gasteiger partial charge in [0.2, 0.25) is 5.91 Å². The van der Waals surface area contributed by atoms with E-state index >= 15 is 0 Å². The van der Waals surface area contributed by atoms with Crippen LogP contribution in [0.15, 0.2) is 54.6 Å². The molecule has 4 nitrogen and oxygen atoms in total. The standard InChI is InChI=1S/C18H18FNO3S/c1-2-23-16(21)12-24-17(13-6-4-3-5-7-13)18(22)20-15-10-8-14(19)9-11-15/h3-11,17H,2,12H2,1H3,(H,20,22)/t17-/m1/s1. The highest BCUT2D eigenvalue weighted by Crippen LogP contribution is 2.30. The molecule has 0 fully saturated rings. The van der Waals surface area contributed by atoms with Crippen LogP contribution in [-0.2, 0) is 14.3 Å². The summed E-state index contributed by atoms with van der Waals surface area (Å²) in [4.78, 5) is 24.2. The van der Waals surface area contributed by atoms with E-state index in [1.54, 1.807) is 6.92 Å². The Balaban J connectivity index is 2.10. The van der Waals surface area contributed by atoms with Crippen molar-refractivity contribution in [3.8, 4) is 0 Å². The van der Waals surface area contributed by atoms with Crippen molar-refractivity contribution in [3.63, 3.8) is 0 Å². The van der Waals surface area contributed by atoms with Crippen LogP contribution in [0.25, 0.3) is 0 Å². The Morgan fingerprint density at radius 2 is 1.79 bits per heavy atom. The van der Waals surface area contributed by atoms with Crippen LogP contribution in [0.2, 0.25) is 0 Å². The third kappa shape index (κ3) is 5.38. The van der Waals surface area contributed by atoms with Gasteiger partial charge in [0, 0.05) is 5.69 Å². The third-order valence-corrected chi connectivity index (χ3v) is 4.35. The molecule has 0 spiro atoms. The van der Waals surface area contributed by atoms with E-state index in [0.29, 0.717) is 12.3 Å². The van der Waals surface area contributed by atoms with E-state index < -0.39 is 5.25 Å². The fraction of sp³-hybridized carbons (Fsp3) is 0.222. The highest BCUT2D eigenvalue weighted by Gasteiger charge is 2.22. The van der Waals surface area contributed by atoms with Crippen molar-refractivity contribution in [3.05, 3.63) is 66.0 Å². The molecular formula is C18H18FNO3S. The number of halogens is 1. The summed E-state index contributed by atoms with van der Waals surface area (Å²) in [6.07, 6.45) is 0. The predicted molar refractivity (Wildman–Crippen MR) is 93.3 cm³/mol. The van der Waals surface area contributed by atoms with Crippen LogP contribution < -0.4 is 5.32 Å². The molecule has 0 aromatic heterocycles. The van der Waals surface area contributed by atoms with Gasteiger partial charge in [0.15, 0.2) is 0 Å². The topological polar surface area (TPSA) is 55.4 Å². The largest absolute Gasteiger partial charge is 0.465 e. The molecule has 1 amide bonds. The van der Waals surface area contributed by atoms with Crippen molar-refractivity contribution in [1.82, 2.24) is 0 Å². The lowest BCUT2D eigenvalue weighted by Crippen LogP contribution is -2.20. The number of rotatable bonds is 7. The molecule has 0 heterocycles. The second-order valence-electron chi connectivity index (χ2n) is 4.90. The number of ether oxygens (including phenoxy) is 1. The number of thioether (sulfide) groups is 1. The zero-order valence-corrected chi connectivity index (χ0v) is 14.0.